The van der Waals surface area contributed by atoms with Crippen molar-refractivity contribution in [1.82, 2.24) is 25.0 Å². The van der Waals surface area contributed by atoms with Gasteiger partial charge < -0.3 is 19.5 Å². The van der Waals surface area contributed by atoms with Gasteiger partial charge in [0.15, 0.2) is 17.4 Å². The van der Waals surface area contributed by atoms with Crippen molar-refractivity contribution in [2.45, 2.75) is 45.8 Å². The van der Waals surface area contributed by atoms with E-state index in [4.69, 9.17) is 4.74 Å². The van der Waals surface area contributed by atoms with Crippen LogP contribution in [0.15, 0.2) is 18.2 Å². The van der Waals surface area contributed by atoms with Gasteiger partial charge in [0.1, 0.15) is 5.82 Å². The highest BCUT2D eigenvalue weighted by atomic mass is 19.1. The number of methoxy groups -OCH3 is 1. The molecule has 1 unspecified atom stereocenters. The molecule has 0 spiro atoms. The molecule has 0 saturated carbocycles. The zero-order valence-electron chi connectivity index (χ0n) is 16.2. The molecule has 0 radical (unpaired) electrons. The van der Waals surface area contributed by atoms with Crippen LogP contribution in [0.3, 0.4) is 0 Å². The topological polar surface area (TPSA) is 72.3 Å². The molecule has 2 heterocycles. The number of carbonyl (C=O) groups is 1. The summed E-state index contributed by atoms with van der Waals surface area (Å²) in [5.74, 6) is 1.69. The van der Waals surface area contributed by atoms with Gasteiger partial charge >= 0.3 is 6.03 Å². The summed E-state index contributed by atoms with van der Waals surface area (Å²) < 4.78 is 20.9. The largest absolute Gasteiger partial charge is 0.494 e. The van der Waals surface area contributed by atoms with Gasteiger partial charge in [0.25, 0.3) is 0 Å². The van der Waals surface area contributed by atoms with Crippen molar-refractivity contribution in [2.24, 2.45) is 5.92 Å². The van der Waals surface area contributed by atoms with E-state index in [1.807, 2.05) is 13.8 Å². The lowest BCUT2D eigenvalue weighted by molar-refractivity contribution is 0.197. The molecule has 1 N–H and O–H groups in total. The number of ether oxygens (including phenoxy) is 1. The number of hydrogen-bond acceptors (Lipinski definition) is 4. The fourth-order valence-electron chi connectivity index (χ4n) is 3.33. The van der Waals surface area contributed by atoms with Crippen LogP contribution in [-0.2, 0) is 19.5 Å². The molecule has 1 aliphatic rings. The minimum Gasteiger partial charge on any atom is -0.494 e. The third kappa shape index (κ3) is 4.04. The molecule has 0 fully saturated rings. The second kappa shape index (κ2) is 7.94. The number of halogens is 1. The molecular weight excluding hydrogens is 349 g/mol. The molecule has 3 rings (SSSR count). The first kappa shape index (κ1) is 19.1. The fourth-order valence-corrected chi connectivity index (χ4v) is 3.33. The third-order valence-electron chi connectivity index (χ3n) is 4.84. The van der Waals surface area contributed by atoms with Crippen LogP contribution in [0.4, 0.5) is 9.18 Å². The number of carbonyl (C=O) groups excluding carboxylic acids is 1. The van der Waals surface area contributed by atoms with Gasteiger partial charge in [-0.05, 0) is 30.0 Å². The number of urea groups is 1. The van der Waals surface area contributed by atoms with Crippen LogP contribution >= 0.6 is 0 Å². The van der Waals surface area contributed by atoms with Crippen molar-refractivity contribution in [3.63, 3.8) is 0 Å². The SMILES string of the molecule is COc1ccc(CN(C)C(=O)NC(c2nnc3n2CCC3)C(C)C)cc1F. The van der Waals surface area contributed by atoms with Crippen LogP contribution < -0.4 is 10.1 Å². The first-order valence-electron chi connectivity index (χ1n) is 9.16. The van der Waals surface area contributed by atoms with Gasteiger partial charge in [-0.25, -0.2) is 9.18 Å². The molecule has 0 saturated heterocycles. The van der Waals surface area contributed by atoms with Gasteiger partial charge in [-0.15, -0.1) is 10.2 Å². The minimum absolute atomic E-state index is 0.162. The van der Waals surface area contributed by atoms with E-state index in [0.717, 1.165) is 31.0 Å². The molecule has 0 aliphatic carbocycles. The third-order valence-corrected chi connectivity index (χ3v) is 4.84. The van der Waals surface area contributed by atoms with Crippen molar-refractivity contribution in [1.29, 1.82) is 0 Å². The van der Waals surface area contributed by atoms with Crippen molar-refractivity contribution in [3.8, 4) is 5.75 Å². The average molecular weight is 375 g/mol. The average Bonchev–Trinajstić information content (AvgIpc) is 3.23. The second-order valence-corrected chi connectivity index (χ2v) is 7.23. The summed E-state index contributed by atoms with van der Waals surface area (Å²) in [6, 6.07) is 4.23. The smallest absolute Gasteiger partial charge is 0.318 e. The lowest BCUT2D eigenvalue weighted by Gasteiger charge is -2.26. The summed E-state index contributed by atoms with van der Waals surface area (Å²) >= 11 is 0. The number of fused-ring (bicyclic) bond motifs is 1. The molecule has 2 amide bonds. The maximum atomic E-state index is 13.9. The molecule has 1 aliphatic heterocycles. The summed E-state index contributed by atoms with van der Waals surface area (Å²) in [6.45, 7) is 5.26. The van der Waals surface area contributed by atoms with Gasteiger partial charge in [0, 0.05) is 26.6 Å². The molecular formula is C19H26FN5O2. The van der Waals surface area contributed by atoms with E-state index in [1.165, 1.54) is 18.1 Å². The Balaban J connectivity index is 1.69. The van der Waals surface area contributed by atoms with E-state index in [9.17, 15) is 9.18 Å². The van der Waals surface area contributed by atoms with E-state index in [-0.39, 0.29) is 30.3 Å². The van der Waals surface area contributed by atoms with Gasteiger partial charge in [0.05, 0.1) is 13.2 Å². The molecule has 2 aromatic rings. The zero-order valence-corrected chi connectivity index (χ0v) is 16.2. The Bertz CT molecular complexity index is 820. The van der Waals surface area contributed by atoms with Crippen LogP contribution in [0.5, 0.6) is 5.75 Å². The van der Waals surface area contributed by atoms with Crippen LogP contribution in [0.2, 0.25) is 0 Å². The highest BCUT2D eigenvalue weighted by Crippen LogP contribution is 2.25. The van der Waals surface area contributed by atoms with Crippen LogP contribution in [0, 0.1) is 11.7 Å². The summed E-state index contributed by atoms with van der Waals surface area (Å²) in [5, 5.41) is 11.6. The van der Waals surface area contributed by atoms with Gasteiger partial charge in [-0.1, -0.05) is 19.9 Å². The van der Waals surface area contributed by atoms with Crippen molar-refractivity contribution in [2.75, 3.05) is 14.2 Å². The van der Waals surface area contributed by atoms with E-state index in [2.05, 4.69) is 20.1 Å². The van der Waals surface area contributed by atoms with Gasteiger partial charge in [-0.3, -0.25) is 0 Å². The van der Waals surface area contributed by atoms with Crippen molar-refractivity contribution in [3.05, 3.63) is 41.2 Å². The van der Waals surface area contributed by atoms with Crippen molar-refractivity contribution < 1.29 is 13.9 Å². The summed E-state index contributed by atoms with van der Waals surface area (Å²) in [5.41, 5.74) is 0.690. The monoisotopic (exact) mass is 375 g/mol. The number of hydrogen-bond donors (Lipinski definition) is 1. The number of benzene rings is 1. The number of rotatable bonds is 6. The second-order valence-electron chi connectivity index (χ2n) is 7.23. The Morgan fingerprint density at radius 2 is 2.19 bits per heavy atom. The summed E-state index contributed by atoms with van der Waals surface area (Å²) in [4.78, 5) is 14.2. The highest BCUT2D eigenvalue weighted by molar-refractivity contribution is 5.74. The van der Waals surface area contributed by atoms with Crippen molar-refractivity contribution >= 4 is 6.03 Å². The van der Waals surface area contributed by atoms with E-state index >= 15 is 0 Å². The lowest BCUT2D eigenvalue weighted by atomic mass is 10.0. The number of aromatic nitrogens is 3. The molecule has 27 heavy (non-hydrogen) atoms. The van der Waals surface area contributed by atoms with Crippen LogP contribution in [-0.4, -0.2) is 39.9 Å². The predicted molar refractivity (Wildman–Crippen MR) is 98.9 cm³/mol. The van der Waals surface area contributed by atoms with Crippen LogP contribution in [0.1, 0.15) is 43.5 Å². The molecule has 7 nitrogen and oxygen atoms in total. The molecule has 1 aromatic carbocycles. The lowest BCUT2D eigenvalue weighted by Crippen LogP contribution is -2.41. The minimum atomic E-state index is -0.442. The van der Waals surface area contributed by atoms with Gasteiger partial charge in [0.2, 0.25) is 0 Å². The fraction of sp³-hybridized carbons (Fsp3) is 0.526. The number of amides is 2. The zero-order chi connectivity index (χ0) is 19.6. The maximum absolute atomic E-state index is 13.9. The maximum Gasteiger partial charge on any atom is 0.318 e. The predicted octanol–water partition coefficient (Wildman–Crippen LogP) is 2.91. The van der Waals surface area contributed by atoms with E-state index < -0.39 is 5.82 Å². The Labute approximate surface area is 158 Å². The quantitative estimate of drug-likeness (QED) is 0.843. The van der Waals surface area contributed by atoms with E-state index in [1.54, 1.807) is 19.2 Å². The molecule has 146 valence electrons. The first-order valence-corrected chi connectivity index (χ1v) is 9.16. The Morgan fingerprint density at radius 3 is 2.85 bits per heavy atom. The normalized spacial score (nSPS) is 14.1. The Hall–Kier alpha value is -2.64. The van der Waals surface area contributed by atoms with Gasteiger partial charge in [-0.2, -0.15) is 0 Å². The molecule has 0 bridgehead atoms. The summed E-state index contributed by atoms with van der Waals surface area (Å²) in [7, 11) is 3.11. The highest BCUT2D eigenvalue weighted by Gasteiger charge is 2.28. The number of nitrogens with one attached hydrogen (secondary N) is 1. The Kier molecular flexibility index (Phi) is 5.62. The molecule has 1 atom stereocenters. The number of aryl methyl sites for hydroxylation is 1. The standard InChI is InChI=1S/C19H26FN5O2/c1-12(2)17(18-23-22-16-6-5-9-25(16)18)21-19(26)24(3)11-13-7-8-15(27-4)14(20)10-13/h7-8,10,12,17H,5-6,9,11H2,1-4H3,(H,21,26). The molecule has 8 heteroatoms. The first-order chi connectivity index (χ1) is 12.9. The molecule has 1 aromatic heterocycles. The van der Waals surface area contributed by atoms with E-state index in [0.29, 0.717) is 5.56 Å². The summed E-state index contributed by atoms with van der Waals surface area (Å²) in [6.07, 6.45) is 1.98. The number of nitrogens with zero attached hydrogens (tertiary/aromatic N) is 4. The Morgan fingerprint density at radius 1 is 1.41 bits per heavy atom. The van der Waals surface area contributed by atoms with Crippen LogP contribution in [0.25, 0.3) is 0 Å².